The highest BCUT2D eigenvalue weighted by Crippen LogP contribution is 2.39. The number of benzene rings is 2. The number of rotatable bonds is 8. The first-order valence-corrected chi connectivity index (χ1v) is 11.8. The van der Waals surface area contributed by atoms with Crippen LogP contribution in [0.2, 0.25) is 0 Å². The van der Waals surface area contributed by atoms with Crippen molar-refractivity contribution in [2.75, 3.05) is 46.5 Å². The van der Waals surface area contributed by atoms with Crippen LogP contribution in [0, 0.1) is 0 Å². The van der Waals surface area contributed by atoms with E-state index in [-0.39, 0.29) is 11.3 Å². The highest BCUT2D eigenvalue weighted by Gasteiger charge is 2.45. The van der Waals surface area contributed by atoms with Crippen molar-refractivity contribution in [3.8, 4) is 5.75 Å². The van der Waals surface area contributed by atoms with Crippen LogP contribution in [0.4, 0.5) is 0 Å². The van der Waals surface area contributed by atoms with Gasteiger partial charge >= 0.3 is 0 Å². The molecule has 0 aliphatic carbocycles. The van der Waals surface area contributed by atoms with Gasteiger partial charge in [0.2, 0.25) is 0 Å². The Morgan fingerprint density at radius 2 is 1.71 bits per heavy atom. The van der Waals surface area contributed by atoms with Gasteiger partial charge in [0.25, 0.3) is 11.7 Å². The van der Waals surface area contributed by atoms with Crippen molar-refractivity contribution >= 4 is 17.4 Å². The number of Topliss-reactive ketones (excluding diaryl/α,β-unsaturated/α-hetero) is 1. The number of nitrogens with zero attached hydrogens (tertiary/aromatic N) is 2. The van der Waals surface area contributed by atoms with E-state index in [0.29, 0.717) is 17.9 Å². The molecule has 2 heterocycles. The molecule has 0 bridgehead atoms. The molecule has 7 heteroatoms. The largest absolute Gasteiger partial charge is 0.507 e. The van der Waals surface area contributed by atoms with Crippen molar-refractivity contribution in [2.24, 2.45) is 0 Å². The first-order valence-electron chi connectivity index (χ1n) is 11.8. The van der Waals surface area contributed by atoms with E-state index in [4.69, 9.17) is 9.47 Å². The van der Waals surface area contributed by atoms with Crippen molar-refractivity contribution in [2.45, 2.75) is 25.8 Å². The summed E-state index contributed by atoms with van der Waals surface area (Å²) >= 11 is 0. The van der Waals surface area contributed by atoms with Crippen LogP contribution in [0.15, 0.2) is 54.1 Å². The topological polar surface area (TPSA) is 79.3 Å². The summed E-state index contributed by atoms with van der Waals surface area (Å²) in [5, 5.41) is 11.2. The Morgan fingerprint density at radius 3 is 2.32 bits per heavy atom. The summed E-state index contributed by atoms with van der Waals surface area (Å²) in [5.74, 6) is -0.737. The van der Waals surface area contributed by atoms with Crippen LogP contribution in [0.5, 0.6) is 5.75 Å². The summed E-state index contributed by atoms with van der Waals surface area (Å²) in [4.78, 5) is 30.2. The normalized spacial score (nSPS) is 20.6. The Kier molecular flexibility index (Phi) is 7.65. The highest BCUT2D eigenvalue weighted by molar-refractivity contribution is 6.46. The van der Waals surface area contributed by atoms with Gasteiger partial charge in [-0.3, -0.25) is 14.5 Å². The molecule has 0 radical (unpaired) electrons. The predicted molar refractivity (Wildman–Crippen MR) is 130 cm³/mol. The molecule has 0 spiro atoms. The lowest BCUT2D eigenvalue weighted by Gasteiger charge is -2.29. The van der Waals surface area contributed by atoms with Crippen molar-refractivity contribution in [3.05, 3.63) is 70.8 Å². The van der Waals surface area contributed by atoms with Gasteiger partial charge in [0.1, 0.15) is 11.5 Å². The van der Waals surface area contributed by atoms with Crippen LogP contribution < -0.4 is 4.74 Å². The lowest BCUT2D eigenvalue weighted by Crippen LogP contribution is -2.38. The number of aliphatic hydroxyl groups excluding tert-OH is 1. The van der Waals surface area contributed by atoms with Gasteiger partial charge in [0, 0.05) is 31.7 Å². The lowest BCUT2D eigenvalue weighted by molar-refractivity contribution is -0.140. The molecule has 2 aliphatic heterocycles. The number of carbonyl (C=O) groups excluding carboxylic acids is 2. The number of likely N-dealkylation sites (tertiary alicyclic amines) is 1. The van der Waals surface area contributed by atoms with Crippen LogP contribution in [-0.4, -0.2) is 73.1 Å². The average Bonchev–Trinajstić information content (AvgIpc) is 3.14. The molecule has 34 heavy (non-hydrogen) atoms. The smallest absolute Gasteiger partial charge is 0.295 e. The molecule has 4 rings (SSSR count). The summed E-state index contributed by atoms with van der Waals surface area (Å²) in [6.07, 6.45) is 1.63. The summed E-state index contributed by atoms with van der Waals surface area (Å²) in [6.45, 7) is 6.52. The molecule has 2 aliphatic rings. The Hall–Kier alpha value is -3.16. The number of amides is 1. The average molecular weight is 465 g/mol. The SMILES string of the molecule is CCc1ccc([C@H]2/C(=C(\O)c3ccc(OC)cc3)C(=O)C(=O)N2CCCN2CCOCC2)cc1. The third kappa shape index (κ3) is 5.00. The zero-order valence-corrected chi connectivity index (χ0v) is 19.8. The lowest BCUT2D eigenvalue weighted by atomic mass is 9.94. The maximum Gasteiger partial charge on any atom is 0.295 e. The van der Waals surface area contributed by atoms with Crippen molar-refractivity contribution in [1.82, 2.24) is 9.80 Å². The second-order valence-electron chi connectivity index (χ2n) is 8.62. The Bertz CT molecular complexity index is 1040. The Labute approximate surface area is 200 Å². The number of methoxy groups -OCH3 is 1. The zero-order chi connectivity index (χ0) is 24.1. The number of ketones is 1. The molecule has 1 amide bonds. The minimum atomic E-state index is -0.649. The zero-order valence-electron chi connectivity index (χ0n) is 19.8. The number of aliphatic hydroxyl groups is 1. The van der Waals surface area contributed by atoms with E-state index in [1.807, 2.05) is 24.3 Å². The third-order valence-electron chi connectivity index (χ3n) is 6.58. The summed E-state index contributed by atoms with van der Waals surface area (Å²) in [6, 6.07) is 14.1. The van der Waals surface area contributed by atoms with E-state index in [9.17, 15) is 14.7 Å². The highest BCUT2D eigenvalue weighted by atomic mass is 16.5. The number of ether oxygens (including phenoxy) is 2. The molecule has 0 saturated carbocycles. The molecule has 2 aromatic carbocycles. The molecule has 2 saturated heterocycles. The maximum absolute atomic E-state index is 13.2. The molecule has 0 unspecified atom stereocenters. The number of carbonyl (C=O) groups is 2. The second kappa shape index (κ2) is 10.8. The fourth-order valence-corrected chi connectivity index (χ4v) is 4.59. The fourth-order valence-electron chi connectivity index (χ4n) is 4.59. The molecule has 7 nitrogen and oxygen atoms in total. The van der Waals surface area contributed by atoms with Crippen molar-refractivity contribution in [1.29, 1.82) is 0 Å². The van der Waals surface area contributed by atoms with Gasteiger partial charge in [0.15, 0.2) is 0 Å². The van der Waals surface area contributed by atoms with Crippen molar-refractivity contribution in [3.63, 3.8) is 0 Å². The number of hydrogen-bond donors (Lipinski definition) is 1. The van der Waals surface area contributed by atoms with Gasteiger partial charge in [-0.15, -0.1) is 0 Å². The van der Waals surface area contributed by atoms with E-state index in [1.165, 1.54) is 5.56 Å². The second-order valence-corrected chi connectivity index (χ2v) is 8.62. The van der Waals surface area contributed by atoms with Crippen LogP contribution in [0.3, 0.4) is 0 Å². The summed E-state index contributed by atoms with van der Waals surface area (Å²) in [7, 11) is 1.57. The van der Waals surface area contributed by atoms with E-state index in [2.05, 4.69) is 11.8 Å². The van der Waals surface area contributed by atoms with E-state index >= 15 is 0 Å². The fraction of sp³-hybridized carbons (Fsp3) is 0.407. The van der Waals surface area contributed by atoms with Crippen LogP contribution in [0.25, 0.3) is 5.76 Å². The van der Waals surface area contributed by atoms with Gasteiger partial charge < -0.3 is 19.5 Å². The van der Waals surface area contributed by atoms with Crippen LogP contribution in [0.1, 0.15) is 36.1 Å². The van der Waals surface area contributed by atoms with E-state index < -0.39 is 17.7 Å². The van der Waals surface area contributed by atoms with Gasteiger partial charge in [-0.1, -0.05) is 31.2 Å². The summed E-state index contributed by atoms with van der Waals surface area (Å²) in [5.41, 5.74) is 2.59. The third-order valence-corrected chi connectivity index (χ3v) is 6.58. The Balaban J connectivity index is 1.66. The van der Waals surface area contributed by atoms with E-state index in [0.717, 1.165) is 51.3 Å². The van der Waals surface area contributed by atoms with Gasteiger partial charge in [-0.25, -0.2) is 0 Å². The molecule has 0 aromatic heterocycles. The monoisotopic (exact) mass is 464 g/mol. The van der Waals surface area contributed by atoms with Gasteiger partial charge in [0.05, 0.1) is 31.9 Å². The molecule has 2 fully saturated rings. The maximum atomic E-state index is 13.2. The molecule has 180 valence electrons. The standard InChI is InChI=1S/C27H32N2O5/c1-3-19-5-7-20(8-6-19)24-23(25(30)21-9-11-22(33-2)12-10-21)26(31)27(32)29(24)14-4-13-28-15-17-34-18-16-28/h5-12,24,30H,3-4,13-18H2,1-2H3/b25-23+/t24-/m0/s1. The first kappa shape index (κ1) is 24.0. The van der Waals surface area contributed by atoms with Crippen LogP contribution >= 0.6 is 0 Å². The van der Waals surface area contributed by atoms with Crippen molar-refractivity contribution < 1.29 is 24.2 Å². The number of hydrogen-bond acceptors (Lipinski definition) is 6. The quantitative estimate of drug-likeness (QED) is 0.367. The minimum absolute atomic E-state index is 0.130. The number of morpholine rings is 1. The molecule has 1 N–H and O–H groups in total. The predicted octanol–water partition coefficient (Wildman–Crippen LogP) is 3.40. The van der Waals surface area contributed by atoms with Gasteiger partial charge in [-0.2, -0.15) is 0 Å². The summed E-state index contributed by atoms with van der Waals surface area (Å²) < 4.78 is 10.6. The first-order chi connectivity index (χ1) is 16.5. The van der Waals surface area contributed by atoms with Gasteiger partial charge in [-0.05, 0) is 48.2 Å². The molecular weight excluding hydrogens is 432 g/mol. The minimum Gasteiger partial charge on any atom is -0.507 e. The molecule has 2 aromatic rings. The molecular formula is C27H32N2O5. The molecule has 1 atom stereocenters. The Morgan fingerprint density at radius 1 is 1.03 bits per heavy atom. The van der Waals surface area contributed by atoms with E-state index in [1.54, 1.807) is 36.3 Å². The van der Waals surface area contributed by atoms with Crippen LogP contribution in [-0.2, 0) is 20.7 Å². The number of aryl methyl sites for hydroxylation is 1.